The Kier molecular flexibility index (Phi) is 5.08. The Morgan fingerprint density at radius 2 is 2.00 bits per heavy atom. The molecule has 0 bridgehead atoms. The fourth-order valence-electron chi connectivity index (χ4n) is 1.40. The predicted molar refractivity (Wildman–Crippen MR) is 55.4 cm³/mol. The minimum Gasteiger partial charge on any atom is -0.479 e. The quantitative estimate of drug-likeness (QED) is 0.701. The van der Waals surface area contributed by atoms with E-state index in [1.807, 2.05) is 32.8 Å². The Morgan fingerprint density at radius 3 is 2.29 bits per heavy atom. The van der Waals surface area contributed by atoms with E-state index in [1.165, 1.54) is 7.11 Å². The zero-order chi connectivity index (χ0) is 11.4. The van der Waals surface area contributed by atoms with Crippen LogP contribution in [-0.2, 0) is 9.53 Å². The molecule has 0 aliphatic carbocycles. The molecule has 14 heavy (non-hydrogen) atoms. The van der Waals surface area contributed by atoms with Crippen LogP contribution >= 0.6 is 0 Å². The van der Waals surface area contributed by atoms with Gasteiger partial charge in [-0.3, -0.25) is 0 Å². The van der Waals surface area contributed by atoms with Crippen LogP contribution in [0.15, 0.2) is 0 Å². The Hall–Kier alpha value is -0.610. The molecule has 0 aromatic carbocycles. The summed E-state index contributed by atoms with van der Waals surface area (Å²) in [7, 11) is 5.38. The summed E-state index contributed by atoms with van der Waals surface area (Å²) in [4.78, 5) is 12.9. The largest absolute Gasteiger partial charge is 0.479 e. The molecule has 1 unspecified atom stereocenters. The van der Waals surface area contributed by atoms with Crippen molar-refractivity contribution in [2.45, 2.75) is 26.4 Å². The lowest BCUT2D eigenvalue weighted by Gasteiger charge is -2.31. The molecule has 0 rings (SSSR count). The molecule has 0 aromatic heterocycles. The monoisotopic (exact) mass is 203 g/mol. The second-order valence-electron chi connectivity index (χ2n) is 4.50. The summed E-state index contributed by atoms with van der Waals surface area (Å²) < 4.78 is 4.99. The van der Waals surface area contributed by atoms with Gasteiger partial charge in [0.2, 0.25) is 0 Å². The molecule has 0 amide bonds. The van der Waals surface area contributed by atoms with Crippen LogP contribution in [0.1, 0.15) is 20.3 Å². The number of carboxylic acids is 1. The van der Waals surface area contributed by atoms with Gasteiger partial charge in [0.1, 0.15) is 0 Å². The number of carboxylic acid groups (broad SMARTS) is 1. The maximum Gasteiger partial charge on any atom is 0.333 e. The van der Waals surface area contributed by atoms with E-state index in [9.17, 15) is 4.79 Å². The molecule has 0 saturated heterocycles. The maximum absolute atomic E-state index is 10.9. The minimum absolute atomic E-state index is 0.342. The van der Waals surface area contributed by atoms with Gasteiger partial charge in [0.15, 0.2) is 6.10 Å². The van der Waals surface area contributed by atoms with Crippen molar-refractivity contribution in [1.82, 2.24) is 4.90 Å². The molecule has 0 saturated carbocycles. The summed E-state index contributed by atoms with van der Waals surface area (Å²) >= 11 is 0. The number of methoxy groups -OCH3 is 1. The van der Waals surface area contributed by atoms with Gasteiger partial charge in [0, 0.05) is 12.5 Å². The molecule has 0 aliphatic rings. The van der Waals surface area contributed by atoms with Crippen LogP contribution in [0.25, 0.3) is 0 Å². The van der Waals surface area contributed by atoms with Crippen molar-refractivity contribution in [1.29, 1.82) is 0 Å². The lowest BCUT2D eigenvalue weighted by atomic mass is 9.83. The Morgan fingerprint density at radius 1 is 1.50 bits per heavy atom. The zero-order valence-corrected chi connectivity index (χ0v) is 9.70. The summed E-state index contributed by atoms with van der Waals surface area (Å²) in [6.07, 6.45) is 0.0626. The number of ether oxygens (including phenoxy) is 1. The molecule has 84 valence electrons. The highest BCUT2D eigenvalue weighted by atomic mass is 16.5. The van der Waals surface area contributed by atoms with Crippen LogP contribution in [0.2, 0.25) is 0 Å². The number of carbonyl (C=O) groups is 1. The molecule has 1 N–H and O–H groups in total. The molecule has 0 aliphatic heterocycles. The number of hydrogen-bond donors (Lipinski definition) is 1. The standard InChI is InChI=1S/C10H21NO3/c1-10(2,6-7-11(3)4)8(14-5)9(12)13/h8H,6-7H2,1-5H3,(H,12,13). The van der Waals surface area contributed by atoms with E-state index in [0.717, 1.165) is 13.0 Å². The van der Waals surface area contributed by atoms with Crippen molar-refractivity contribution in [3.8, 4) is 0 Å². The molecule has 0 heterocycles. The van der Waals surface area contributed by atoms with Crippen LogP contribution in [0, 0.1) is 5.41 Å². The van der Waals surface area contributed by atoms with Crippen LogP contribution in [0.5, 0.6) is 0 Å². The lowest BCUT2D eigenvalue weighted by Crippen LogP contribution is -2.39. The first-order valence-corrected chi connectivity index (χ1v) is 4.71. The van der Waals surface area contributed by atoms with E-state index in [1.54, 1.807) is 0 Å². The van der Waals surface area contributed by atoms with Gasteiger partial charge >= 0.3 is 5.97 Å². The first-order valence-electron chi connectivity index (χ1n) is 4.71. The third-order valence-electron chi connectivity index (χ3n) is 2.37. The van der Waals surface area contributed by atoms with Gasteiger partial charge in [-0.2, -0.15) is 0 Å². The summed E-state index contributed by atoms with van der Waals surface area (Å²) in [5.74, 6) is -0.892. The summed E-state index contributed by atoms with van der Waals surface area (Å²) in [6.45, 7) is 4.69. The molecular weight excluding hydrogens is 182 g/mol. The zero-order valence-electron chi connectivity index (χ0n) is 9.70. The molecule has 4 nitrogen and oxygen atoms in total. The number of aliphatic carboxylic acids is 1. The molecular formula is C10H21NO3. The Labute approximate surface area is 85.9 Å². The van der Waals surface area contributed by atoms with Crippen LogP contribution in [0.4, 0.5) is 0 Å². The fourth-order valence-corrected chi connectivity index (χ4v) is 1.40. The topological polar surface area (TPSA) is 49.8 Å². The third kappa shape index (κ3) is 4.07. The lowest BCUT2D eigenvalue weighted by molar-refractivity contribution is -0.156. The van der Waals surface area contributed by atoms with E-state index >= 15 is 0 Å². The molecule has 0 spiro atoms. The smallest absolute Gasteiger partial charge is 0.333 e. The van der Waals surface area contributed by atoms with Crippen molar-refractivity contribution < 1.29 is 14.6 Å². The summed E-state index contributed by atoms with van der Waals surface area (Å²) in [5.41, 5.74) is -0.342. The van der Waals surface area contributed by atoms with E-state index in [2.05, 4.69) is 0 Å². The van der Waals surface area contributed by atoms with E-state index in [4.69, 9.17) is 9.84 Å². The van der Waals surface area contributed by atoms with Gasteiger partial charge in [-0.1, -0.05) is 13.8 Å². The van der Waals surface area contributed by atoms with E-state index in [-0.39, 0.29) is 5.41 Å². The Bertz CT molecular complexity index is 190. The third-order valence-corrected chi connectivity index (χ3v) is 2.37. The van der Waals surface area contributed by atoms with Crippen molar-refractivity contribution in [2.24, 2.45) is 5.41 Å². The van der Waals surface area contributed by atoms with Gasteiger partial charge in [-0.25, -0.2) is 4.79 Å². The number of hydrogen-bond acceptors (Lipinski definition) is 3. The SMILES string of the molecule is COC(C(=O)O)C(C)(C)CCN(C)C. The van der Waals surface area contributed by atoms with Gasteiger partial charge in [-0.15, -0.1) is 0 Å². The van der Waals surface area contributed by atoms with Gasteiger partial charge in [0.25, 0.3) is 0 Å². The van der Waals surface area contributed by atoms with Gasteiger partial charge < -0.3 is 14.7 Å². The minimum atomic E-state index is -0.892. The highest BCUT2D eigenvalue weighted by Gasteiger charge is 2.34. The van der Waals surface area contributed by atoms with Crippen LogP contribution in [-0.4, -0.2) is 49.8 Å². The fraction of sp³-hybridized carbons (Fsp3) is 0.900. The predicted octanol–water partition coefficient (Wildman–Crippen LogP) is 1.06. The van der Waals surface area contributed by atoms with Gasteiger partial charge in [0.05, 0.1) is 0 Å². The highest BCUT2D eigenvalue weighted by molar-refractivity contribution is 5.73. The van der Waals surface area contributed by atoms with Crippen molar-refractivity contribution in [3.05, 3.63) is 0 Å². The molecule has 1 atom stereocenters. The maximum atomic E-state index is 10.9. The van der Waals surface area contributed by atoms with Crippen molar-refractivity contribution >= 4 is 5.97 Å². The van der Waals surface area contributed by atoms with E-state index in [0.29, 0.717) is 0 Å². The average Bonchev–Trinajstić information content (AvgIpc) is 2.01. The first-order chi connectivity index (χ1) is 6.31. The average molecular weight is 203 g/mol. The summed E-state index contributed by atoms with van der Waals surface area (Å²) in [5, 5.41) is 8.94. The first kappa shape index (κ1) is 13.4. The molecule has 4 heteroatoms. The van der Waals surface area contributed by atoms with Crippen molar-refractivity contribution in [2.75, 3.05) is 27.7 Å². The van der Waals surface area contributed by atoms with E-state index < -0.39 is 12.1 Å². The number of nitrogens with zero attached hydrogens (tertiary/aromatic N) is 1. The van der Waals surface area contributed by atoms with Crippen molar-refractivity contribution in [3.63, 3.8) is 0 Å². The second kappa shape index (κ2) is 5.32. The molecule has 0 fully saturated rings. The normalized spacial score (nSPS) is 14.4. The number of rotatable bonds is 6. The molecule has 0 radical (unpaired) electrons. The highest BCUT2D eigenvalue weighted by Crippen LogP contribution is 2.27. The van der Waals surface area contributed by atoms with Crippen LogP contribution in [0.3, 0.4) is 0 Å². The molecule has 0 aromatic rings. The van der Waals surface area contributed by atoms with Gasteiger partial charge in [-0.05, 0) is 27.1 Å². The Balaban J connectivity index is 4.33. The summed E-state index contributed by atoms with van der Waals surface area (Å²) in [6, 6.07) is 0. The second-order valence-corrected chi connectivity index (χ2v) is 4.50. The van der Waals surface area contributed by atoms with Crippen LogP contribution < -0.4 is 0 Å².